The number of carbonyl (C=O) groups is 2. The molecule has 1 aromatic carbocycles. The van der Waals surface area contributed by atoms with Crippen molar-refractivity contribution in [2.45, 2.75) is 58.3 Å². The highest BCUT2D eigenvalue weighted by Crippen LogP contribution is 2.68. The minimum absolute atomic E-state index is 0.0412. The first-order valence-corrected chi connectivity index (χ1v) is 10.2. The Labute approximate surface area is 175 Å². The molecule has 0 amide bonds. The maximum Gasteiger partial charge on any atom is 0.342 e. The van der Waals surface area contributed by atoms with Crippen LogP contribution in [0.5, 0.6) is 11.5 Å². The molecule has 4 N–H and O–H groups in total. The topological polar surface area (TPSA) is 124 Å². The van der Waals surface area contributed by atoms with Crippen LogP contribution < -0.4 is 0 Å². The van der Waals surface area contributed by atoms with Crippen LogP contribution in [0.15, 0.2) is 23.8 Å². The molecule has 2 fully saturated rings. The number of fused-ring (bicyclic) bond motifs is 3. The fourth-order valence-corrected chi connectivity index (χ4v) is 6.21. The fourth-order valence-electron chi connectivity index (χ4n) is 6.21. The Bertz CT molecular complexity index is 941. The number of aromatic hydroxyl groups is 2. The summed E-state index contributed by atoms with van der Waals surface area (Å²) in [6, 6.07) is 2.37. The van der Waals surface area contributed by atoms with Crippen LogP contribution in [0.1, 0.15) is 49.5 Å². The van der Waals surface area contributed by atoms with Crippen molar-refractivity contribution in [2.75, 3.05) is 0 Å². The number of aldehydes is 1. The van der Waals surface area contributed by atoms with E-state index in [1.807, 2.05) is 20.8 Å². The van der Waals surface area contributed by atoms with Gasteiger partial charge in [0.05, 0.1) is 6.10 Å². The van der Waals surface area contributed by atoms with E-state index < -0.39 is 34.9 Å². The zero-order valence-corrected chi connectivity index (χ0v) is 17.5. The second kappa shape index (κ2) is 6.31. The van der Waals surface area contributed by atoms with Crippen molar-refractivity contribution in [3.63, 3.8) is 0 Å². The number of benzene rings is 1. The second-order valence-corrected chi connectivity index (χ2v) is 10.0. The van der Waals surface area contributed by atoms with Gasteiger partial charge in [-0.2, -0.15) is 0 Å². The quantitative estimate of drug-likeness (QED) is 0.440. The average Bonchev–Trinajstić information content (AvgIpc) is 2.86. The fraction of sp³-hybridized carbons (Fsp3) is 0.565. The minimum atomic E-state index is -1.71. The summed E-state index contributed by atoms with van der Waals surface area (Å²) in [4.78, 5) is 24.7. The molecule has 0 bridgehead atoms. The summed E-state index contributed by atoms with van der Waals surface area (Å²) in [6.45, 7) is 7.33. The summed E-state index contributed by atoms with van der Waals surface area (Å²) >= 11 is 0. The van der Waals surface area contributed by atoms with Gasteiger partial charge in [-0.25, -0.2) is 4.79 Å². The molecule has 0 aliphatic heterocycles. The summed E-state index contributed by atoms with van der Waals surface area (Å²) in [5.74, 6) is -1.75. The molecule has 1 aromatic rings. The van der Waals surface area contributed by atoms with Crippen LogP contribution in [-0.2, 0) is 9.53 Å². The lowest BCUT2D eigenvalue weighted by Crippen LogP contribution is -2.74. The SMILES string of the molecule is Cc1cc(O)cc(O)c1C(=O)OC1CC2(C)C3C(C=C(C=O)C12O)CC(C)(C)C3O. The van der Waals surface area contributed by atoms with Crippen LogP contribution in [0.3, 0.4) is 0 Å². The molecule has 7 heteroatoms. The molecule has 0 saturated heterocycles. The number of aryl methyl sites for hydroxylation is 1. The van der Waals surface area contributed by atoms with Crippen molar-refractivity contribution in [1.82, 2.24) is 0 Å². The van der Waals surface area contributed by atoms with Gasteiger partial charge >= 0.3 is 5.97 Å². The molecule has 0 spiro atoms. The van der Waals surface area contributed by atoms with Crippen LogP contribution in [0.2, 0.25) is 0 Å². The van der Waals surface area contributed by atoms with E-state index in [1.54, 1.807) is 13.0 Å². The third-order valence-corrected chi connectivity index (χ3v) is 7.76. The van der Waals surface area contributed by atoms with Crippen molar-refractivity contribution in [2.24, 2.45) is 22.7 Å². The molecule has 30 heavy (non-hydrogen) atoms. The van der Waals surface area contributed by atoms with Gasteiger partial charge in [0.2, 0.25) is 0 Å². The average molecular weight is 416 g/mol. The summed E-state index contributed by atoms with van der Waals surface area (Å²) in [5.41, 5.74) is -2.50. The third-order valence-electron chi connectivity index (χ3n) is 7.76. The summed E-state index contributed by atoms with van der Waals surface area (Å²) in [5, 5.41) is 42.2. The van der Waals surface area contributed by atoms with Crippen molar-refractivity contribution < 1.29 is 34.8 Å². The van der Waals surface area contributed by atoms with Crippen LogP contribution in [0.4, 0.5) is 0 Å². The molecule has 6 atom stereocenters. The van der Waals surface area contributed by atoms with Crippen molar-refractivity contribution in [3.8, 4) is 11.5 Å². The molecule has 6 unspecified atom stereocenters. The van der Waals surface area contributed by atoms with E-state index in [0.29, 0.717) is 18.3 Å². The molecule has 0 heterocycles. The van der Waals surface area contributed by atoms with Crippen LogP contribution in [0, 0.1) is 29.6 Å². The van der Waals surface area contributed by atoms with Gasteiger partial charge in [0.25, 0.3) is 0 Å². The summed E-state index contributed by atoms with van der Waals surface area (Å²) < 4.78 is 5.57. The molecule has 3 aliphatic carbocycles. The van der Waals surface area contributed by atoms with Crippen molar-refractivity contribution >= 4 is 12.3 Å². The summed E-state index contributed by atoms with van der Waals surface area (Å²) in [6.07, 6.45) is 1.66. The summed E-state index contributed by atoms with van der Waals surface area (Å²) in [7, 11) is 0. The maximum atomic E-state index is 12.8. The zero-order chi connectivity index (χ0) is 22.2. The molecule has 0 aromatic heterocycles. The Morgan fingerprint density at radius 2 is 1.87 bits per heavy atom. The minimum Gasteiger partial charge on any atom is -0.508 e. The number of allylic oxidation sites excluding steroid dienone is 1. The van der Waals surface area contributed by atoms with Gasteiger partial charge in [-0.3, -0.25) is 4.79 Å². The van der Waals surface area contributed by atoms with Gasteiger partial charge in [0.1, 0.15) is 35.1 Å². The van der Waals surface area contributed by atoms with Gasteiger partial charge in [-0.1, -0.05) is 26.8 Å². The molecular formula is C23H28O7. The van der Waals surface area contributed by atoms with Crippen LogP contribution >= 0.6 is 0 Å². The number of hydrogen-bond acceptors (Lipinski definition) is 7. The van der Waals surface area contributed by atoms with Gasteiger partial charge in [0.15, 0.2) is 0 Å². The van der Waals surface area contributed by atoms with Crippen molar-refractivity contribution in [3.05, 3.63) is 34.9 Å². The lowest BCUT2D eigenvalue weighted by molar-refractivity contribution is -0.257. The Morgan fingerprint density at radius 3 is 2.47 bits per heavy atom. The molecule has 0 radical (unpaired) electrons. The number of esters is 1. The molecule has 7 nitrogen and oxygen atoms in total. The van der Waals surface area contributed by atoms with Gasteiger partial charge in [-0.15, -0.1) is 0 Å². The normalized spacial score (nSPS) is 38.7. The predicted octanol–water partition coefficient (Wildman–Crippen LogP) is 2.23. The number of ether oxygens (including phenoxy) is 1. The zero-order valence-electron chi connectivity index (χ0n) is 17.5. The third kappa shape index (κ3) is 2.51. The Morgan fingerprint density at radius 1 is 1.20 bits per heavy atom. The highest BCUT2D eigenvalue weighted by molar-refractivity contribution is 5.94. The van der Waals surface area contributed by atoms with E-state index in [1.165, 1.54) is 6.07 Å². The predicted molar refractivity (Wildman–Crippen MR) is 107 cm³/mol. The number of rotatable bonds is 3. The van der Waals surface area contributed by atoms with Crippen molar-refractivity contribution in [1.29, 1.82) is 0 Å². The van der Waals surface area contributed by atoms with Crippen LogP contribution in [-0.4, -0.2) is 50.5 Å². The molecule has 2 saturated carbocycles. The van der Waals surface area contributed by atoms with E-state index in [9.17, 15) is 30.0 Å². The number of phenolic OH excluding ortho intramolecular Hbond substituents is 2. The second-order valence-electron chi connectivity index (χ2n) is 10.0. The standard InChI is InChI=1S/C23H28O7/c1-11-5-14(25)7-15(26)17(11)20(28)30-16-9-22(4)18-12(8-21(2,3)19(18)27)6-13(10-24)23(16,22)29/h5-7,10,12,16,18-19,25-27,29H,8-9H2,1-4H3. The molecule has 4 rings (SSSR count). The number of carbonyl (C=O) groups excluding carboxylic acids is 2. The lowest BCUT2D eigenvalue weighted by Gasteiger charge is -2.64. The van der Waals surface area contributed by atoms with E-state index in [0.717, 1.165) is 6.07 Å². The Hall–Kier alpha value is -2.38. The number of hydrogen-bond donors (Lipinski definition) is 4. The van der Waals surface area contributed by atoms with Gasteiger partial charge < -0.3 is 25.2 Å². The smallest absolute Gasteiger partial charge is 0.342 e. The Kier molecular flexibility index (Phi) is 4.39. The number of aliphatic hydroxyl groups excluding tert-OH is 1. The van der Waals surface area contributed by atoms with E-state index in [2.05, 4.69) is 0 Å². The maximum absolute atomic E-state index is 12.8. The number of aliphatic hydroxyl groups is 2. The van der Waals surface area contributed by atoms with E-state index in [-0.39, 0.29) is 40.6 Å². The lowest BCUT2D eigenvalue weighted by atomic mass is 9.44. The Balaban J connectivity index is 1.68. The molecule has 162 valence electrons. The first kappa shape index (κ1) is 20.9. The van der Waals surface area contributed by atoms with E-state index >= 15 is 0 Å². The molecule has 3 aliphatic rings. The number of phenols is 2. The molecular weight excluding hydrogens is 388 g/mol. The first-order chi connectivity index (χ1) is 13.9. The highest BCUT2D eigenvalue weighted by Gasteiger charge is 2.74. The van der Waals surface area contributed by atoms with E-state index in [4.69, 9.17) is 4.74 Å². The largest absolute Gasteiger partial charge is 0.508 e. The van der Waals surface area contributed by atoms with Crippen LogP contribution in [0.25, 0.3) is 0 Å². The first-order valence-electron chi connectivity index (χ1n) is 10.2. The van der Waals surface area contributed by atoms with Gasteiger partial charge in [0, 0.05) is 23.0 Å². The highest BCUT2D eigenvalue weighted by atomic mass is 16.6. The van der Waals surface area contributed by atoms with Gasteiger partial charge in [-0.05, 0) is 42.7 Å². The monoisotopic (exact) mass is 416 g/mol.